The maximum atomic E-state index is 13.2. The summed E-state index contributed by atoms with van der Waals surface area (Å²) in [5, 5.41) is 3.08. The molecular weight excluding hydrogens is 461 g/mol. The van der Waals surface area contributed by atoms with Crippen LogP contribution >= 0.6 is 11.8 Å². The molecule has 3 aromatic carbocycles. The van der Waals surface area contributed by atoms with Crippen molar-refractivity contribution in [2.75, 3.05) is 41.7 Å². The maximum Gasteiger partial charge on any atom is 0.252 e. The van der Waals surface area contributed by atoms with Crippen LogP contribution in [0.1, 0.15) is 22.3 Å². The van der Waals surface area contributed by atoms with Crippen molar-refractivity contribution in [3.8, 4) is 0 Å². The van der Waals surface area contributed by atoms with Crippen molar-refractivity contribution < 1.29 is 14.0 Å². The average molecular weight is 490 g/mol. The van der Waals surface area contributed by atoms with Gasteiger partial charge in [-0.25, -0.2) is 4.39 Å². The highest BCUT2D eigenvalue weighted by molar-refractivity contribution is 8.00. The number of nitrogens with zero attached hydrogens (tertiary/aromatic N) is 2. The summed E-state index contributed by atoms with van der Waals surface area (Å²) >= 11 is 1.41. The van der Waals surface area contributed by atoms with Crippen molar-refractivity contribution in [2.24, 2.45) is 5.92 Å². The molecule has 0 saturated carbocycles. The minimum atomic E-state index is -0.236. The van der Waals surface area contributed by atoms with Gasteiger partial charge in [0.15, 0.2) is 0 Å². The number of amides is 2. The SMILES string of the molecule is O=C(NCC1CCN(c2ccc(F)cc2)C1)c1ccccc1SCC(=O)N1CCc2ccccc21. The molecule has 1 unspecified atom stereocenters. The number of rotatable bonds is 7. The van der Waals surface area contributed by atoms with Crippen molar-refractivity contribution in [3.63, 3.8) is 0 Å². The zero-order valence-corrected chi connectivity index (χ0v) is 20.3. The second-order valence-corrected chi connectivity index (χ2v) is 10.0. The van der Waals surface area contributed by atoms with Gasteiger partial charge >= 0.3 is 0 Å². The highest BCUT2D eigenvalue weighted by Gasteiger charge is 2.26. The Bertz CT molecular complexity index is 1220. The number of carbonyl (C=O) groups is 2. The molecule has 0 spiro atoms. The molecule has 5 rings (SSSR count). The molecule has 5 nitrogen and oxygen atoms in total. The molecule has 1 N–H and O–H groups in total. The molecule has 0 radical (unpaired) electrons. The van der Waals surface area contributed by atoms with E-state index in [-0.39, 0.29) is 23.4 Å². The molecule has 35 heavy (non-hydrogen) atoms. The van der Waals surface area contributed by atoms with Crippen LogP contribution in [0.4, 0.5) is 15.8 Å². The van der Waals surface area contributed by atoms with E-state index in [2.05, 4.69) is 16.3 Å². The third kappa shape index (κ3) is 5.35. The first kappa shape index (κ1) is 23.4. The van der Waals surface area contributed by atoms with Crippen LogP contribution in [-0.4, -0.2) is 43.7 Å². The van der Waals surface area contributed by atoms with Crippen LogP contribution in [-0.2, 0) is 11.2 Å². The van der Waals surface area contributed by atoms with Crippen LogP contribution in [0.5, 0.6) is 0 Å². The Morgan fingerprint density at radius 3 is 2.60 bits per heavy atom. The number of thioether (sulfide) groups is 1. The van der Waals surface area contributed by atoms with Crippen LogP contribution in [0.3, 0.4) is 0 Å². The number of fused-ring (bicyclic) bond motifs is 1. The maximum absolute atomic E-state index is 13.2. The minimum Gasteiger partial charge on any atom is -0.371 e. The Kier molecular flexibility index (Phi) is 7.04. The monoisotopic (exact) mass is 489 g/mol. The summed E-state index contributed by atoms with van der Waals surface area (Å²) in [5.74, 6) is 0.323. The number of para-hydroxylation sites is 1. The molecule has 0 aromatic heterocycles. The Hall–Kier alpha value is -3.32. The van der Waals surface area contributed by atoms with Gasteiger partial charge in [-0.1, -0.05) is 30.3 Å². The van der Waals surface area contributed by atoms with Crippen LogP contribution in [0, 0.1) is 11.7 Å². The zero-order valence-electron chi connectivity index (χ0n) is 19.5. The number of hydrogen-bond acceptors (Lipinski definition) is 4. The van der Waals surface area contributed by atoms with Gasteiger partial charge in [-0.3, -0.25) is 9.59 Å². The van der Waals surface area contributed by atoms with E-state index >= 15 is 0 Å². The summed E-state index contributed by atoms with van der Waals surface area (Å²) in [6, 6.07) is 22.0. The molecular formula is C28H28FN3O2S. The Morgan fingerprint density at radius 2 is 1.74 bits per heavy atom. The first-order valence-corrected chi connectivity index (χ1v) is 13.0. The number of hydrogen-bond donors (Lipinski definition) is 1. The molecule has 2 amide bonds. The molecule has 1 fully saturated rings. The van der Waals surface area contributed by atoms with Gasteiger partial charge in [0.05, 0.1) is 11.3 Å². The molecule has 180 valence electrons. The number of nitrogens with one attached hydrogen (secondary N) is 1. The Labute approximate surface area is 209 Å². The molecule has 0 bridgehead atoms. The predicted molar refractivity (Wildman–Crippen MR) is 139 cm³/mol. The summed E-state index contributed by atoms with van der Waals surface area (Å²) in [7, 11) is 0. The van der Waals surface area contributed by atoms with Crippen molar-refractivity contribution in [2.45, 2.75) is 17.7 Å². The van der Waals surface area contributed by atoms with Gasteiger partial charge in [0, 0.05) is 42.4 Å². The third-order valence-electron chi connectivity index (χ3n) is 6.70. The quantitative estimate of drug-likeness (QED) is 0.486. The summed E-state index contributed by atoms with van der Waals surface area (Å²) in [5.41, 5.74) is 3.80. The number of halogens is 1. The topological polar surface area (TPSA) is 52.7 Å². The summed E-state index contributed by atoms with van der Waals surface area (Å²) in [6.45, 7) is 3.00. The number of carbonyl (C=O) groups excluding carboxylic acids is 2. The lowest BCUT2D eigenvalue weighted by atomic mass is 10.1. The number of anilines is 2. The van der Waals surface area contributed by atoms with Crippen molar-refractivity contribution in [3.05, 3.63) is 89.7 Å². The van der Waals surface area contributed by atoms with Gasteiger partial charge in [0.2, 0.25) is 5.91 Å². The normalized spacial score (nSPS) is 16.9. The summed E-state index contributed by atoms with van der Waals surface area (Å²) in [4.78, 5) is 30.8. The van der Waals surface area contributed by atoms with E-state index in [0.29, 0.717) is 24.6 Å². The van der Waals surface area contributed by atoms with E-state index in [9.17, 15) is 14.0 Å². The summed E-state index contributed by atoms with van der Waals surface area (Å²) in [6.07, 6.45) is 1.85. The molecule has 1 saturated heterocycles. The summed E-state index contributed by atoms with van der Waals surface area (Å²) < 4.78 is 13.2. The lowest BCUT2D eigenvalue weighted by Gasteiger charge is -2.19. The Morgan fingerprint density at radius 1 is 0.971 bits per heavy atom. The number of benzene rings is 3. The fraction of sp³-hybridized carbons (Fsp3) is 0.286. The molecule has 2 aliphatic rings. The molecule has 2 aliphatic heterocycles. The van der Waals surface area contributed by atoms with E-state index in [1.807, 2.05) is 47.4 Å². The van der Waals surface area contributed by atoms with Crippen molar-refractivity contribution in [1.29, 1.82) is 0 Å². The lowest BCUT2D eigenvalue weighted by molar-refractivity contribution is -0.116. The van der Waals surface area contributed by atoms with Crippen molar-refractivity contribution in [1.82, 2.24) is 5.32 Å². The fourth-order valence-corrected chi connectivity index (χ4v) is 5.74. The van der Waals surface area contributed by atoms with Gasteiger partial charge in [-0.2, -0.15) is 0 Å². The van der Waals surface area contributed by atoms with Crippen LogP contribution in [0.15, 0.2) is 77.7 Å². The van der Waals surface area contributed by atoms with E-state index < -0.39 is 0 Å². The first-order valence-electron chi connectivity index (χ1n) is 12.0. The second-order valence-electron chi connectivity index (χ2n) is 9.00. The van der Waals surface area contributed by atoms with Gasteiger partial charge in [0.1, 0.15) is 5.82 Å². The largest absolute Gasteiger partial charge is 0.371 e. The standard InChI is InChI=1S/C28H28FN3O2S/c29-22-9-11-23(12-10-22)31-15-13-20(18-31)17-30-28(34)24-6-2-4-8-26(24)35-19-27(33)32-16-14-21-5-1-3-7-25(21)32/h1-12,20H,13-19H2,(H,30,34). The highest BCUT2D eigenvalue weighted by atomic mass is 32.2. The fourth-order valence-electron chi connectivity index (χ4n) is 4.81. The van der Waals surface area contributed by atoms with Gasteiger partial charge in [0.25, 0.3) is 5.91 Å². The smallest absolute Gasteiger partial charge is 0.252 e. The Balaban J connectivity index is 1.15. The lowest BCUT2D eigenvalue weighted by Crippen LogP contribution is -2.32. The van der Waals surface area contributed by atoms with E-state index in [4.69, 9.17) is 0 Å². The first-order chi connectivity index (χ1) is 17.1. The molecule has 7 heteroatoms. The van der Waals surface area contributed by atoms with Gasteiger partial charge in [-0.15, -0.1) is 11.8 Å². The average Bonchev–Trinajstić information content (AvgIpc) is 3.54. The molecule has 3 aromatic rings. The van der Waals surface area contributed by atoms with Crippen LogP contribution < -0.4 is 15.1 Å². The van der Waals surface area contributed by atoms with Crippen LogP contribution in [0.25, 0.3) is 0 Å². The molecule has 0 aliphatic carbocycles. The minimum absolute atomic E-state index is 0.0574. The van der Waals surface area contributed by atoms with Gasteiger partial charge in [-0.05, 0) is 66.8 Å². The zero-order chi connectivity index (χ0) is 24.2. The molecule has 1 atom stereocenters. The van der Waals surface area contributed by atoms with E-state index in [1.54, 1.807) is 12.1 Å². The van der Waals surface area contributed by atoms with Crippen LogP contribution in [0.2, 0.25) is 0 Å². The predicted octanol–water partition coefficient (Wildman–Crippen LogP) is 4.76. The van der Waals surface area contributed by atoms with E-state index in [1.165, 1.54) is 29.5 Å². The third-order valence-corrected chi connectivity index (χ3v) is 7.76. The highest BCUT2D eigenvalue weighted by Crippen LogP contribution is 2.30. The molecule has 2 heterocycles. The van der Waals surface area contributed by atoms with Crippen molar-refractivity contribution >= 4 is 35.0 Å². The second kappa shape index (κ2) is 10.5. The van der Waals surface area contributed by atoms with Gasteiger partial charge < -0.3 is 15.1 Å². The van der Waals surface area contributed by atoms with E-state index in [0.717, 1.165) is 42.2 Å².